The third kappa shape index (κ3) is 4.16. The molecule has 0 spiro atoms. The van der Waals surface area contributed by atoms with Crippen molar-refractivity contribution in [2.75, 3.05) is 0 Å². The summed E-state index contributed by atoms with van der Waals surface area (Å²) in [5, 5.41) is 10.9. The third-order valence-corrected chi connectivity index (χ3v) is 6.07. The van der Waals surface area contributed by atoms with E-state index in [-0.39, 0.29) is 16.3 Å². The molecule has 0 unspecified atom stereocenters. The SMILES string of the molecule is CCn1c(-c2ccc(C)c(C)c2)c(C)sc1=NC(=O)c1ccc([N+](=O)[O-])cc1Cl. The van der Waals surface area contributed by atoms with Gasteiger partial charge in [0, 0.05) is 23.6 Å². The van der Waals surface area contributed by atoms with E-state index >= 15 is 0 Å². The molecule has 3 aromatic rings. The molecule has 2 aromatic carbocycles. The smallest absolute Gasteiger partial charge is 0.281 e. The maximum absolute atomic E-state index is 12.7. The Morgan fingerprint density at radius 1 is 1.17 bits per heavy atom. The Morgan fingerprint density at radius 2 is 1.90 bits per heavy atom. The number of carbonyl (C=O) groups is 1. The molecular formula is C21H20ClN3O3S. The Bertz CT molecular complexity index is 1190. The maximum Gasteiger partial charge on any atom is 0.281 e. The molecule has 29 heavy (non-hydrogen) atoms. The predicted octanol–water partition coefficient (Wildman–Crippen LogP) is 5.46. The van der Waals surface area contributed by atoms with Gasteiger partial charge in [0.1, 0.15) is 0 Å². The number of carbonyl (C=O) groups excluding carboxylic acids is 1. The summed E-state index contributed by atoms with van der Waals surface area (Å²) < 4.78 is 2.00. The monoisotopic (exact) mass is 429 g/mol. The summed E-state index contributed by atoms with van der Waals surface area (Å²) in [5.41, 5.74) is 4.49. The maximum atomic E-state index is 12.7. The lowest BCUT2D eigenvalue weighted by atomic mass is 10.0. The van der Waals surface area contributed by atoms with Crippen molar-refractivity contribution in [2.24, 2.45) is 4.99 Å². The number of nitro benzene ring substituents is 1. The van der Waals surface area contributed by atoms with Gasteiger partial charge >= 0.3 is 0 Å². The minimum Gasteiger partial charge on any atom is -0.316 e. The molecule has 0 N–H and O–H groups in total. The molecule has 0 atom stereocenters. The molecule has 0 bridgehead atoms. The van der Waals surface area contributed by atoms with Crippen molar-refractivity contribution < 1.29 is 9.72 Å². The first-order valence-electron chi connectivity index (χ1n) is 9.03. The first-order valence-corrected chi connectivity index (χ1v) is 10.2. The van der Waals surface area contributed by atoms with E-state index in [9.17, 15) is 14.9 Å². The van der Waals surface area contributed by atoms with Crippen molar-refractivity contribution in [1.29, 1.82) is 0 Å². The molecular weight excluding hydrogens is 410 g/mol. The van der Waals surface area contributed by atoms with Crippen LogP contribution in [0.3, 0.4) is 0 Å². The van der Waals surface area contributed by atoms with Crippen molar-refractivity contribution >= 4 is 34.5 Å². The number of nitro groups is 1. The van der Waals surface area contributed by atoms with Crippen LogP contribution in [0, 0.1) is 30.9 Å². The van der Waals surface area contributed by atoms with Gasteiger partial charge in [0.15, 0.2) is 4.80 Å². The Hall–Kier alpha value is -2.77. The second-order valence-electron chi connectivity index (χ2n) is 6.67. The first kappa shape index (κ1) is 21.0. The topological polar surface area (TPSA) is 77.5 Å². The summed E-state index contributed by atoms with van der Waals surface area (Å²) >= 11 is 7.52. The number of thiazole rings is 1. The largest absolute Gasteiger partial charge is 0.316 e. The fourth-order valence-corrected chi connectivity index (χ4v) is 4.40. The fraction of sp³-hybridized carbons (Fsp3) is 0.238. The molecule has 0 aliphatic heterocycles. The molecule has 0 aliphatic rings. The van der Waals surface area contributed by atoms with E-state index in [4.69, 9.17) is 11.6 Å². The van der Waals surface area contributed by atoms with Crippen LogP contribution in [0.5, 0.6) is 0 Å². The molecule has 0 radical (unpaired) electrons. The molecule has 1 aromatic heterocycles. The number of benzene rings is 2. The quantitative estimate of drug-likeness (QED) is 0.407. The normalized spacial score (nSPS) is 11.7. The summed E-state index contributed by atoms with van der Waals surface area (Å²) in [6.07, 6.45) is 0. The van der Waals surface area contributed by atoms with Gasteiger partial charge in [-0.3, -0.25) is 14.9 Å². The van der Waals surface area contributed by atoms with Crippen molar-refractivity contribution in [3.63, 3.8) is 0 Å². The minimum atomic E-state index is -0.555. The zero-order chi connectivity index (χ0) is 21.3. The Labute approximate surface area is 177 Å². The lowest BCUT2D eigenvalue weighted by Gasteiger charge is -2.10. The van der Waals surface area contributed by atoms with E-state index in [1.165, 1.54) is 40.7 Å². The molecule has 8 heteroatoms. The van der Waals surface area contributed by atoms with E-state index in [1.54, 1.807) is 0 Å². The lowest BCUT2D eigenvalue weighted by molar-refractivity contribution is -0.384. The number of aryl methyl sites for hydroxylation is 3. The van der Waals surface area contributed by atoms with Gasteiger partial charge in [0.05, 0.1) is 21.2 Å². The van der Waals surface area contributed by atoms with E-state index in [1.807, 2.05) is 18.4 Å². The average molecular weight is 430 g/mol. The Morgan fingerprint density at radius 3 is 2.48 bits per heavy atom. The zero-order valence-electron chi connectivity index (χ0n) is 16.5. The van der Waals surface area contributed by atoms with Gasteiger partial charge in [-0.15, -0.1) is 11.3 Å². The third-order valence-electron chi connectivity index (χ3n) is 4.77. The minimum absolute atomic E-state index is 0.0126. The molecule has 150 valence electrons. The summed E-state index contributed by atoms with van der Waals surface area (Å²) in [6, 6.07) is 10.0. The highest BCUT2D eigenvalue weighted by molar-refractivity contribution is 7.09. The highest BCUT2D eigenvalue weighted by atomic mass is 35.5. The van der Waals surface area contributed by atoms with E-state index in [0.717, 1.165) is 16.1 Å². The molecule has 0 fully saturated rings. The second-order valence-corrected chi connectivity index (χ2v) is 8.26. The average Bonchev–Trinajstić information content (AvgIpc) is 2.98. The fourth-order valence-electron chi connectivity index (χ4n) is 3.09. The van der Waals surface area contributed by atoms with Gasteiger partial charge in [0.25, 0.3) is 11.6 Å². The van der Waals surface area contributed by atoms with Crippen molar-refractivity contribution in [3.05, 3.63) is 77.9 Å². The number of non-ortho nitro benzene ring substituents is 1. The summed E-state index contributed by atoms with van der Waals surface area (Å²) in [6.45, 7) is 8.79. The number of hydrogen-bond donors (Lipinski definition) is 0. The van der Waals surface area contributed by atoms with Crippen LogP contribution in [-0.2, 0) is 6.54 Å². The van der Waals surface area contributed by atoms with Crippen LogP contribution in [0.1, 0.15) is 33.3 Å². The molecule has 6 nitrogen and oxygen atoms in total. The van der Waals surface area contributed by atoms with Crippen molar-refractivity contribution in [2.45, 2.75) is 34.2 Å². The molecule has 0 saturated heterocycles. The molecule has 0 aliphatic carbocycles. The van der Waals surface area contributed by atoms with Gasteiger partial charge < -0.3 is 4.57 Å². The summed E-state index contributed by atoms with van der Waals surface area (Å²) in [4.78, 5) is 28.9. The van der Waals surface area contributed by atoms with Gasteiger partial charge in [0.2, 0.25) is 0 Å². The van der Waals surface area contributed by atoms with Gasteiger partial charge in [-0.2, -0.15) is 4.99 Å². The molecule has 1 heterocycles. The molecule has 3 rings (SSSR count). The summed E-state index contributed by atoms with van der Waals surface area (Å²) in [5.74, 6) is -0.528. The Balaban J connectivity index is 2.09. The number of rotatable bonds is 4. The predicted molar refractivity (Wildman–Crippen MR) is 116 cm³/mol. The van der Waals surface area contributed by atoms with Crippen molar-refractivity contribution in [3.8, 4) is 11.3 Å². The lowest BCUT2D eigenvalue weighted by Crippen LogP contribution is -2.17. The number of hydrogen-bond acceptors (Lipinski definition) is 4. The van der Waals surface area contributed by atoms with Crippen LogP contribution in [0.15, 0.2) is 41.4 Å². The highest BCUT2D eigenvalue weighted by Gasteiger charge is 2.17. The van der Waals surface area contributed by atoms with E-state index in [2.05, 4.69) is 37.0 Å². The van der Waals surface area contributed by atoms with Crippen LogP contribution >= 0.6 is 22.9 Å². The zero-order valence-corrected chi connectivity index (χ0v) is 18.1. The van der Waals surface area contributed by atoms with Crippen LogP contribution in [-0.4, -0.2) is 15.4 Å². The van der Waals surface area contributed by atoms with E-state index < -0.39 is 10.8 Å². The second kappa shape index (κ2) is 8.31. The van der Waals surface area contributed by atoms with E-state index in [0.29, 0.717) is 11.3 Å². The van der Waals surface area contributed by atoms with Gasteiger partial charge in [-0.1, -0.05) is 23.7 Å². The number of halogens is 1. The standard InChI is InChI=1S/C21H20ClN3O3S/c1-5-24-19(15-7-6-12(2)13(3)10-15)14(4)29-21(24)23-20(26)17-9-8-16(25(27)28)11-18(17)22/h6-11H,5H2,1-4H3. The van der Waals surface area contributed by atoms with Crippen LogP contribution in [0.25, 0.3) is 11.3 Å². The number of amides is 1. The van der Waals surface area contributed by atoms with Gasteiger partial charge in [-0.05, 0) is 56.5 Å². The van der Waals surface area contributed by atoms with Crippen molar-refractivity contribution in [1.82, 2.24) is 4.57 Å². The Kier molecular flexibility index (Phi) is 6.00. The number of aromatic nitrogens is 1. The molecule has 0 saturated carbocycles. The molecule has 1 amide bonds. The van der Waals surface area contributed by atoms with Crippen LogP contribution in [0.2, 0.25) is 5.02 Å². The van der Waals surface area contributed by atoms with Crippen LogP contribution < -0.4 is 4.80 Å². The number of nitrogens with zero attached hydrogens (tertiary/aromatic N) is 3. The van der Waals surface area contributed by atoms with Gasteiger partial charge in [-0.25, -0.2) is 0 Å². The first-order chi connectivity index (χ1) is 13.7. The van der Waals surface area contributed by atoms with Crippen LogP contribution in [0.4, 0.5) is 5.69 Å². The summed E-state index contributed by atoms with van der Waals surface area (Å²) in [7, 11) is 0. The highest BCUT2D eigenvalue weighted by Crippen LogP contribution is 2.27.